The van der Waals surface area contributed by atoms with Crippen LogP contribution in [-0.2, 0) is 29.5 Å². The van der Waals surface area contributed by atoms with E-state index in [9.17, 15) is 24.6 Å². The van der Waals surface area contributed by atoms with Crippen LogP contribution in [0.15, 0.2) is 18.2 Å². The van der Waals surface area contributed by atoms with Gasteiger partial charge in [-0.1, -0.05) is 6.07 Å². The highest BCUT2D eigenvalue weighted by atomic mass is 35.5. The van der Waals surface area contributed by atoms with Gasteiger partial charge in [-0.25, -0.2) is 9.78 Å². The average Bonchev–Trinajstić information content (AvgIpc) is 2.52. The molecule has 1 aliphatic heterocycles. The summed E-state index contributed by atoms with van der Waals surface area (Å²) in [5, 5.41) is 19.3. The van der Waals surface area contributed by atoms with Gasteiger partial charge in [0.15, 0.2) is 6.10 Å². The van der Waals surface area contributed by atoms with Gasteiger partial charge < -0.3 is 19.7 Å². The molecule has 1 fully saturated rings. The number of carboxylic acids is 1. The number of pyridine rings is 1. The minimum Gasteiger partial charge on any atom is -0.478 e. The highest BCUT2D eigenvalue weighted by Gasteiger charge is 2.43. The quantitative estimate of drug-likeness (QED) is 0.697. The van der Waals surface area contributed by atoms with Crippen LogP contribution in [-0.4, -0.2) is 58.4 Å². The first kappa shape index (κ1) is 21.8. The predicted molar refractivity (Wildman–Crippen MR) is 92.0 cm³/mol. The molecule has 0 aromatic carbocycles. The number of hydrogen-bond donors (Lipinski definition) is 2. The zero-order valence-corrected chi connectivity index (χ0v) is 15.4. The predicted octanol–water partition coefficient (Wildman–Crippen LogP) is 0.479. The van der Waals surface area contributed by atoms with Crippen molar-refractivity contribution >= 4 is 36.1 Å². The molecule has 1 aliphatic rings. The third-order valence-corrected chi connectivity index (χ3v) is 3.57. The summed E-state index contributed by atoms with van der Waals surface area (Å²) in [5.41, 5.74) is -0.845. The summed E-state index contributed by atoms with van der Waals surface area (Å²) < 4.78 is 9.95. The molecule has 10 heteroatoms. The number of carbonyl (C=O) groups is 3. The molecule has 26 heavy (non-hydrogen) atoms. The fraction of sp³-hybridized carbons (Fsp3) is 0.500. The zero-order chi connectivity index (χ0) is 18.8. The van der Waals surface area contributed by atoms with Gasteiger partial charge in [-0.3, -0.25) is 14.5 Å². The minimum atomic E-state index is -1.75. The average molecular weight is 389 g/mol. The van der Waals surface area contributed by atoms with Crippen LogP contribution in [0.5, 0.6) is 0 Å². The number of carbonyl (C=O) groups excluding carboxylic acids is 2. The van der Waals surface area contributed by atoms with E-state index in [0.717, 1.165) is 6.92 Å². The van der Waals surface area contributed by atoms with Crippen molar-refractivity contribution in [3.05, 3.63) is 23.9 Å². The Kier molecular flexibility index (Phi) is 7.08. The maximum Gasteiger partial charge on any atom is 0.348 e. The highest BCUT2D eigenvalue weighted by Crippen LogP contribution is 2.24. The lowest BCUT2D eigenvalue weighted by Crippen LogP contribution is -2.56. The van der Waals surface area contributed by atoms with Crippen LogP contribution in [0.25, 0.3) is 0 Å². The van der Waals surface area contributed by atoms with Gasteiger partial charge in [0.05, 0.1) is 18.8 Å². The fourth-order valence-corrected chi connectivity index (χ4v) is 2.39. The summed E-state index contributed by atoms with van der Waals surface area (Å²) in [6.45, 7) is 4.38. The summed E-state index contributed by atoms with van der Waals surface area (Å²) >= 11 is 0. The third kappa shape index (κ3) is 4.90. The van der Waals surface area contributed by atoms with E-state index in [0.29, 0.717) is 5.69 Å². The van der Waals surface area contributed by atoms with E-state index in [2.05, 4.69) is 4.98 Å². The topological polar surface area (TPSA) is 126 Å². The summed E-state index contributed by atoms with van der Waals surface area (Å²) in [7, 11) is 0. The van der Waals surface area contributed by atoms with Crippen molar-refractivity contribution in [3.8, 4) is 0 Å². The second-order valence-electron chi connectivity index (χ2n) is 6.09. The summed E-state index contributed by atoms with van der Waals surface area (Å²) in [4.78, 5) is 40.6. The number of carboxylic acid groups (broad SMARTS) is 1. The Bertz CT molecular complexity index is 689. The number of morpholine rings is 1. The molecule has 0 bridgehead atoms. The summed E-state index contributed by atoms with van der Waals surface area (Å²) in [5.74, 6) is -2.73. The molecule has 144 valence electrons. The number of esters is 1. The number of amides is 1. The van der Waals surface area contributed by atoms with Crippen molar-refractivity contribution in [1.29, 1.82) is 0 Å². The van der Waals surface area contributed by atoms with Crippen molar-refractivity contribution < 1.29 is 34.1 Å². The number of rotatable bonds is 5. The molecule has 0 saturated carbocycles. The van der Waals surface area contributed by atoms with Gasteiger partial charge in [0.25, 0.3) is 5.91 Å². The Morgan fingerprint density at radius 2 is 2.08 bits per heavy atom. The first-order chi connectivity index (χ1) is 11.6. The molecule has 1 saturated heterocycles. The number of aromatic nitrogens is 1. The number of hydrogen-bond acceptors (Lipinski definition) is 7. The van der Waals surface area contributed by atoms with Crippen molar-refractivity contribution in [3.63, 3.8) is 0 Å². The molecule has 0 radical (unpaired) electrons. The molecule has 0 unspecified atom stereocenters. The second kappa shape index (κ2) is 8.43. The molecule has 1 aromatic heterocycles. The van der Waals surface area contributed by atoms with Crippen LogP contribution < -0.4 is 4.90 Å². The number of nitrogens with zero attached hydrogens (tertiary/aromatic N) is 2. The SMILES string of the molecule is CC(=O)O[C@@H](C(=O)O)[C@H]1OCCN(c2cccc(C(C)(C)O)n2)C1=O.Cl. The summed E-state index contributed by atoms with van der Waals surface area (Å²) in [6, 6.07) is 4.82. The molecule has 1 amide bonds. The standard InChI is InChI=1S/C16H20N2O7.ClH/c1-9(19)25-13(15(21)22)12-14(20)18(7-8-24-12)11-6-4-5-10(17-11)16(2,3)23;/h4-6,12-13,23H,7-8H2,1-3H3,(H,21,22);1H/t12-,13-;/m1./s1. The smallest absolute Gasteiger partial charge is 0.348 e. The van der Waals surface area contributed by atoms with Crippen LogP contribution in [0.2, 0.25) is 0 Å². The Hall–Kier alpha value is -2.23. The van der Waals surface area contributed by atoms with Gasteiger partial charge in [0.1, 0.15) is 11.4 Å². The lowest BCUT2D eigenvalue weighted by Gasteiger charge is -2.34. The highest BCUT2D eigenvalue weighted by molar-refractivity contribution is 5.99. The second-order valence-corrected chi connectivity index (χ2v) is 6.09. The molecule has 2 rings (SSSR count). The van der Waals surface area contributed by atoms with Crippen LogP contribution in [0.1, 0.15) is 26.5 Å². The van der Waals surface area contributed by atoms with E-state index in [1.807, 2.05) is 0 Å². The first-order valence-corrected chi connectivity index (χ1v) is 7.64. The number of halogens is 1. The molecule has 2 atom stereocenters. The summed E-state index contributed by atoms with van der Waals surface area (Å²) in [6.07, 6.45) is -3.21. The Morgan fingerprint density at radius 1 is 1.42 bits per heavy atom. The largest absolute Gasteiger partial charge is 0.478 e. The lowest BCUT2D eigenvalue weighted by atomic mass is 10.0. The Balaban J connectivity index is 0.00000338. The van der Waals surface area contributed by atoms with E-state index in [1.165, 1.54) is 4.90 Å². The molecule has 0 spiro atoms. The normalized spacial score (nSPS) is 18.7. The fourth-order valence-electron chi connectivity index (χ4n) is 2.39. The van der Waals surface area contributed by atoms with Crippen molar-refractivity contribution in [2.45, 2.75) is 38.6 Å². The van der Waals surface area contributed by atoms with E-state index in [1.54, 1.807) is 32.0 Å². The monoisotopic (exact) mass is 388 g/mol. The van der Waals surface area contributed by atoms with Crippen LogP contribution in [0.3, 0.4) is 0 Å². The van der Waals surface area contributed by atoms with Crippen molar-refractivity contribution in [1.82, 2.24) is 4.98 Å². The Morgan fingerprint density at radius 3 is 2.62 bits per heavy atom. The molecule has 2 heterocycles. The number of anilines is 1. The third-order valence-electron chi connectivity index (χ3n) is 3.57. The molecular weight excluding hydrogens is 368 g/mol. The van der Waals surface area contributed by atoms with Crippen molar-refractivity contribution in [2.24, 2.45) is 0 Å². The lowest BCUT2D eigenvalue weighted by molar-refractivity contribution is -0.177. The van der Waals surface area contributed by atoms with Crippen molar-refractivity contribution in [2.75, 3.05) is 18.1 Å². The van der Waals surface area contributed by atoms with Gasteiger partial charge in [0, 0.05) is 6.92 Å². The van der Waals surface area contributed by atoms with Gasteiger partial charge in [-0.2, -0.15) is 0 Å². The molecule has 2 N–H and O–H groups in total. The van der Waals surface area contributed by atoms with Gasteiger partial charge in [0.2, 0.25) is 6.10 Å². The van der Waals surface area contributed by atoms with E-state index >= 15 is 0 Å². The first-order valence-electron chi connectivity index (χ1n) is 7.64. The van der Waals surface area contributed by atoms with Crippen LogP contribution in [0, 0.1) is 0 Å². The maximum absolute atomic E-state index is 12.7. The number of aliphatic carboxylic acids is 1. The number of aliphatic hydroxyl groups is 1. The molecular formula is C16H21ClN2O7. The number of ether oxygens (including phenoxy) is 2. The van der Waals surface area contributed by atoms with E-state index < -0.39 is 35.7 Å². The Labute approximate surface area is 156 Å². The minimum absolute atomic E-state index is 0. The van der Waals surface area contributed by atoms with Gasteiger partial charge >= 0.3 is 11.9 Å². The van der Waals surface area contributed by atoms with Crippen LogP contribution in [0.4, 0.5) is 5.82 Å². The molecule has 1 aromatic rings. The van der Waals surface area contributed by atoms with Crippen LogP contribution >= 0.6 is 12.4 Å². The van der Waals surface area contributed by atoms with Gasteiger partial charge in [-0.05, 0) is 26.0 Å². The molecule has 0 aliphatic carbocycles. The van der Waals surface area contributed by atoms with Gasteiger partial charge in [-0.15, -0.1) is 12.4 Å². The van der Waals surface area contributed by atoms with E-state index in [-0.39, 0.29) is 31.4 Å². The van der Waals surface area contributed by atoms with E-state index in [4.69, 9.17) is 9.47 Å². The zero-order valence-electron chi connectivity index (χ0n) is 14.5. The molecule has 9 nitrogen and oxygen atoms in total. The maximum atomic E-state index is 12.7.